The predicted octanol–water partition coefficient (Wildman–Crippen LogP) is 1.90. The number of aromatic amines is 2. The lowest BCUT2D eigenvalue weighted by Crippen LogP contribution is -2.12. The number of halogens is 3. The maximum Gasteiger partial charge on any atom is 0.435 e. The van der Waals surface area contributed by atoms with Crippen LogP contribution in [0.25, 0.3) is 11.3 Å². The van der Waals surface area contributed by atoms with Crippen LogP contribution in [0, 0.1) is 0 Å². The van der Waals surface area contributed by atoms with Gasteiger partial charge in [0.1, 0.15) is 0 Å². The molecule has 10 heteroatoms. The Kier molecular flexibility index (Phi) is 3.80. The fourth-order valence-electron chi connectivity index (χ4n) is 2.28. The Balaban J connectivity index is 2.09. The molecule has 3 aromatic heterocycles. The number of pyridine rings is 1. The van der Waals surface area contributed by atoms with Gasteiger partial charge in [-0.15, -0.1) is 0 Å². The number of aromatic nitrogens is 5. The van der Waals surface area contributed by atoms with E-state index in [4.69, 9.17) is 5.73 Å². The van der Waals surface area contributed by atoms with E-state index in [1.54, 1.807) is 24.5 Å². The van der Waals surface area contributed by atoms with E-state index in [2.05, 4.69) is 25.1 Å². The number of carbonyl (C=O) groups is 1. The minimum atomic E-state index is -4.67. The van der Waals surface area contributed by atoms with E-state index in [0.717, 1.165) is 6.20 Å². The van der Waals surface area contributed by atoms with Gasteiger partial charge in [0.2, 0.25) is 0 Å². The summed E-state index contributed by atoms with van der Waals surface area (Å²) in [5, 5.41) is 5.78. The van der Waals surface area contributed by atoms with Crippen molar-refractivity contribution in [1.82, 2.24) is 25.1 Å². The number of alkyl halides is 3. The summed E-state index contributed by atoms with van der Waals surface area (Å²) in [6.45, 7) is 0. The van der Waals surface area contributed by atoms with Crippen molar-refractivity contribution in [2.45, 2.75) is 12.6 Å². The van der Waals surface area contributed by atoms with Crippen molar-refractivity contribution >= 4 is 5.91 Å². The number of nitrogens with one attached hydrogen (secondary N) is 2. The molecule has 1 amide bonds. The molecule has 0 spiro atoms. The van der Waals surface area contributed by atoms with Crippen LogP contribution in [-0.2, 0) is 12.6 Å². The van der Waals surface area contributed by atoms with Gasteiger partial charge >= 0.3 is 6.18 Å². The zero-order valence-corrected chi connectivity index (χ0v) is 12.1. The van der Waals surface area contributed by atoms with Crippen molar-refractivity contribution in [2.24, 2.45) is 5.73 Å². The van der Waals surface area contributed by atoms with Gasteiger partial charge in [-0.05, 0) is 11.6 Å². The first-order chi connectivity index (χ1) is 11.4. The standard InChI is InChI=1S/C14H11F3N6O/c15-14(16,17)11-10(9-6-20-13(21-9)12(18)24)8(22-23-11)4-7-2-1-3-19-5-7/h1-3,5-6H,4H2,(H2,18,24)(H,20,21)(H,22,23). The molecule has 3 aromatic rings. The van der Waals surface area contributed by atoms with Crippen LogP contribution in [0.5, 0.6) is 0 Å². The normalized spacial score (nSPS) is 11.6. The Morgan fingerprint density at radius 3 is 2.67 bits per heavy atom. The van der Waals surface area contributed by atoms with E-state index in [-0.39, 0.29) is 29.2 Å². The molecule has 0 aliphatic carbocycles. The minimum absolute atomic E-state index is 0.00349. The van der Waals surface area contributed by atoms with Crippen LogP contribution in [0.1, 0.15) is 27.6 Å². The highest BCUT2D eigenvalue weighted by molar-refractivity contribution is 5.89. The maximum absolute atomic E-state index is 13.2. The summed E-state index contributed by atoms with van der Waals surface area (Å²) >= 11 is 0. The third-order valence-corrected chi connectivity index (χ3v) is 3.29. The van der Waals surface area contributed by atoms with Crippen LogP contribution in [0.3, 0.4) is 0 Å². The molecular weight excluding hydrogens is 325 g/mol. The summed E-state index contributed by atoms with van der Waals surface area (Å²) in [7, 11) is 0. The van der Waals surface area contributed by atoms with Crippen molar-refractivity contribution in [3.63, 3.8) is 0 Å². The summed E-state index contributed by atoms with van der Waals surface area (Å²) in [4.78, 5) is 21.2. The number of H-pyrrole nitrogens is 2. The Morgan fingerprint density at radius 1 is 1.29 bits per heavy atom. The number of hydrogen-bond donors (Lipinski definition) is 3. The average molecular weight is 336 g/mol. The maximum atomic E-state index is 13.2. The Labute approximate surface area is 133 Å². The Hall–Kier alpha value is -3.17. The molecular formula is C14H11F3N6O. The Morgan fingerprint density at radius 2 is 2.08 bits per heavy atom. The highest BCUT2D eigenvalue weighted by atomic mass is 19.4. The quantitative estimate of drug-likeness (QED) is 0.675. The SMILES string of the molecule is NC(=O)c1ncc(-c2c(C(F)(F)F)n[nH]c2Cc2cccnc2)[nH]1. The van der Waals surface area contributed by atoms with E-state index in [1.165, 1.54) is 0 Å². The molecule has 0 saturated carbocycles. The van der Waals surface area contributed by atoms with Gasteiger partial charge in [-0.3, -0.25) is 14.9 Å². The van der Waals surface area contributed by atoms with Crippen LogP contribution in [0.2, 0.25) is 0 Å². The van der Waals surface area contributed by atoms with E-state index in [1.807, 2.05) is 0 Å². The number of nitrogens with zero attached hydrogens (tertiary/aromatic N) is 3. The predicted molar refractivity (Wildman–Crippen MR) is 76.7 cm³/mol. The zero-order valence-electron chi connectivity index (χ0n) is 12.1. The molecule has 24 heavy (non-hydrogen) atoms. The first kappa shape index (κ1) is 15.7. The van der Waals surface area contributed by atoms with Gasteiger partial charge in [0.25, 0.3) is 5.91 Å². The lowest BCUT2D eigenvalue weighted by atomic mass is 10.0. The third kappa shape index (κ3) is 2.98. The van der Waals surface area contributed by atoms with Gasteiger partial charge in [0.15, 0.2) is 11.5 Å². The fraction of sp³-hybridized carbons (Fsp3) is 0.143. The molecule has 0 fully saturated rings. The average Bonchev–Trinajstić information content (AvgIpc) is 3.14. The van der Waals surface area contributed by atoms with E-state index >= 15 is 0 Å². The topological polar surface area (TPSA) is 113 Å². The number of rotatable bonds is 4. The molecule has 4 N–H and O–H groups in total. The molecule has 0 saturated heterocycles. The van der Waals surface area contributed by atoms with Crippen LogP contribution < -0.4 is 5.73 Å². The highest BCUT2D eigenvalue weighted by Gasteiger charge is 2.39. The van der Waals surface area contributed by atoms with Crippen molar-refractivity contribution < 1.29 is 18.0 Å². The summed E-state index contributed by atoms with van der Waals surface area (Å²) in [6.07, 6.45) is -0.298. The summed E-state index contributed by atoms with van der Waals surface area (Å²) in [5.41, 5.74) is 4.70. The summed E-state index contributed by atoms with van der Waals surface area (Å²) in [6, 6.07) is 3.41. The van der Waals surface area contributed by atoms with Gasteiger partial charge in [-0.1, -0.05) is 6.07 Å². The van der Waals surface area contributed by atoms with Gasteiger partial charge in [-0.25, -0.2) is 4.98 Å². The van der Waals surface area contributed by atoms with E-state index < -0.39 is 17.8 Å². The molecule has 0 bridgehead atoms. The molecule has 0 unspecified atom stereocenters. The second kappa shape index (κ2) is 5.80. The monoisotopic (exact) mass is 336 g/mol. The van der Waals surface area contributed by atoms with Gasteiger partial charge in [0, 0.05) is 24.5 Å². The molecule has 3 rings (SSSR count). The van der Waals surface area contributed by atoms with Gasteiger partial charge in [0.05, 0.1) is 17.5 Å². The number of amides is 1. The number of primary amides is 1. The number of imidazole rings is 1. The van der Waals surface area contributed by atoms with Crippen molar-refractivity contribution in [3.05, 3.63) is 53.5 Å². The molecule has 0 aromatic carbocycles. The Bertz CT molecular complexity index is 868. The molecule has 124 valence electrons. The zero-order chi connectivity index (χ0) is 17.3. The van der Waals surface area contributed by atoms with Crippen molar-refractivity contribution in [3.8, 4) is 11.3 Å². The van der Waals surface area contributed by atoms with Gasteiger partial charge in [-0.2, -0.15) is 18.3 Å². The van der Waals surface area contributed by atoms with E-state index in [9.17, 15) is 18.0 Å². The van der Waals surface area contributed by atoms with Crippen molar-refractivity contribution in [2.75, 3.05) is 0 Å². The smallest absolute Gasteiger partial charge is 0.363 e. The second-order valence-corrected chi connectivity index (χ2v) is 4.97. The highest BCUT2D eigenvalue weighted by Crippen LogP contribution is 2.37. The molecule has 0 atom stereocenters. The molecule has 0 aliphatic rings. The van der Waals surface area contributed by atoms with Crippen LogP contribution in [-0.4, -0.2) is 31.1 Å². The van der Waals surface area contributed by atoms with Crippen LogP contribution in [0.15, 0.2) is 30.7 Å². The van der Waals surface area contributed by atoms with Crippen molar-refractivity contribution in [1.29, 1.82) is 0 Å². The summed E-state index contributed by atoms with van der Waals surface area (Å²) in [5.74, 6) is -1.10. The van der Waals surface area contributed by atoms with E-state index in [0.29, 0.717) is 5.56 Å². The van der Waals surface area contributed by atoms with Gasteiger partial charge < -0.3 is 10.7 Å². The minimum Gasteiger partial charge on any atom is -0.363 e. The summed E-state index contributed by atoms with van der Waals surface area (Å²) < 4.78 is 39.7. The first-order valence-electron chi connectivity index (χ1n) is 6.74. The number of carbonyl (C=O) groups excluding carboxylic acids is 1. The third-order valence-electron chi connectivity index (χ3n) is 3.29. The number of nitrogens with two attached hydrogens (primary N) is 1. The fourth-order valence-corrected chi connectivity index (χ4v) is 2.28. The second-order valence-electron chi connectivity index (χ2n) is 4.97. The number of hydrogen-bond acceptors (Lipinski definition) is 4. The van der Waals surface area contributed by atoms with Crippen LogP contribution in [0.4, 0.5) is 13.2 Å². The first-order valence-corrected chi connectivity index (χ1v) is 6.74. The molecule has 0 aliphatic heterocycles. The largest absolute Gasteiger partial charge is 0.435 e. The van der Waals surface area contributed by atoms with Crippen LogP contribution >= 0.6 is 0 Å². The molecule has 3 heterocycles. The molecule has 0 radical (unpaired) electrons. The lowest BCUT2D eigenvalue weighted by Gasteiger charge is -2.07. The molecule has 7 nitrogen and oxygen atoms in total. The lowest BCUT2D eigenvalue weighted by molar-refractivity contribution is -0.140.